The van der Waals surface area contributed by atoms with Gasteiger partial charge in [0.2, 0.25) is 5.78 Å². The highest BCUT2D eigenvalue weighted by atomic mass is 16.3. The topological polar surface area (TPSA) is 165 Å². The third-order valence-corrected chi connectivity index (χ3v) is 8.82. The number of benzene rings is 1. The maximum atomic E-state index is 14.1. The molecule has 1 aromatic carbocycles. The molecule has 5 rings (SSSR count). The van der Waals surface area contributed by atoms with Crippen molar-refractivity contribution in [1.29, 1.82) is 0 Å². The lowest BCUT2D eigenvalue weighted by atomic mass is 9.57. The van der Waals surface area contributed by atoms with Gasteiger partial charge in [0.15, 0.2) is 11.4 Å². The van der Waals surface area contributed by atoms with Crippen LogP contribution in [0.25, 0.3) is 11.3 Å². The van der Waals surface area contributed by atoms with Crippen molar-refractivity contribution in [2.24, 2.45) is 17.6 Å². The van der Waals surface area contributed by atoms with Crippen LogP contribution in [-0.2, 0) is 20.8 Å². The third-order valence-electron chi connectivity index (χ3n) is 8.82. The number of phenolic OH excluding ortho intramolecular Hbond substituents is 1. The fourth-order valence-corrected chi connectivity index (χ4v) is 7.02. The molecule has 4 aliphatic carbocycles. The van der Waals surface area contributed by atoms with E-state index in [1.807, 2.05) is 25.1 Å². The van der Waals surface area contributed by atoms with Gasteiger partial charge < -0.3 is 31.1 Å². The number of Topliss-reactive ketones (excluding diaryl/α,β-unsaturated/α-hetero) is 2. The number of aliphatic hydroxyl groups excluding tert-OH is 2. The summed E-state index contributed by atoms with van der Waals surface area (Å²) in [5.41, 5.74) is 4.89. The van der Waals surface area contributed by atoms with Crippen LogP contribution < -0.4 is 10.6 Å². The van der Waals surface area contributed by atoms with Crippen LogP contribution in [-0.4, -0.2) is 82.6 Å². The summed E-state index contributed by atoms with van der Waals surface area (Å²) in [6.07, 6.45) is 6.08. The highest BCUT2D eigenvalue weighted by Gasteiger charge is 2.64. The molecule has 0 saturated heterocycles. The SMILES string of the molecule is CN(C)c1cc(C2=CCCCC2)c(O)c2c1C[C@H]1C[C@H]3[C@H](N(C)C)C(=O)C(C(N)=O)=C(O)[C@@]3(O)C(=O)C1=C2O. The minimum absolute atomic E-state index is 0.0618. The molecule has 208 valence electrons. The van der Waals surface area contributed by atoms with Crippen molar-refractivity contribution in [2.45, 2.75) is 50.2 Å². The number of likely N-dealkylation sites (N-methyl/N-ethyl adjacent to an activating group) is 1. The predicted octanol–water partition coefficient (Wildman–Crippen LogP) is 1.99. The summed E-state index contributed by atoms with van der Waals surface area (Å²) < 4.78 is 0. The number of phenols is 1. The first-order valence-electron chi connectivity index (χ1n) is 13.2. The molecule has 10 heteroatoms. The number of ketones is 2. The molecule has 0 aliphatic heterocycles. The van der Waals surface area contributed by atoms with Crippen molar-refractivity contribution >= 4 is 34.5 Å². The fraction of sp³-hybridized carbons (Fsp3) is 0.483. The van der Waals surface area contributed by atoms with E-state index < -0.39 is 58.0 Å². The molecule has 10 nitrogen and oxygen atoms in total. The van der Waals surface area contributed by atoms with Gasteiger partial charge in [0, 0.05) is 36.8 Å². The number of anilines is 1. The normalized spacial score (nSPS) is 28.7. The Kier molecular flexibility index (Phi) is 6.38. The van der Waals surface area contributed by atoms with Crippen LogP contribution in [0.1, 0.15) is 48.8 Å². The Labute approximate surface area is 226 Å². The molecule has 0 aromatic heterocycles. The van der Waals surface area contributed by atoms with Gasteiger partial charge in [0.1, 0.15) is 22.8 Å². The quantitative estimate of drug-likeness (QED) is 0.361. The molecule has 4 aliphatic rings. The molecule has 0 bridgehead atoms. The fourth-order valence-electron chi connectivity index (χ4n) is 7.02. The molecule has 0 unspecified atom stereocenters. The van der Waals surface area contributed by atoms with Crippen molar-refractivity contribution in [3.63, 3.8) is 0 Å². The van der Waals surface area contributed by atoms with E-state index in [0.717, 1.165) is 36.9 Å². The van der Waals surface area contributed by atoms with E-state index in [-0.39, 0.29) is 29.7 Å². The smallest absolute Gasteiger partial charge is 0.255 e. The zero-order valence-corrected chi connectivity index (χ0v) is 22.6. The van der Waals surface area contributed by atoms with Gasteiger partial charge in [-0.3, -0.25) is 19.3 Å². The van der Waals surface area contributed by atoms with Crippen LogP contribution in [0.4, 0.5) is 5.69 Å². The van der Waals surface area contributed by atoms with Crippen LogP contribution >= 0.6 is 0 Å². The number of amides is 1. The number of nitrogens with zero attached hydrogens (tertiary/aromatic N) is 2. The van der Waals surface area contributed by atoms with E-state index in [1.54, 1.807) is 14.1 Å². The van der Waals surface area contributed by atoms with Gasteiger partial charge in [-0.1, -0.05) is 6.08 Å². The lowest BCUT2D eigenvalue weighted by Crippen LogP contribution is -2.65. The van der Waals surface area contributed by atoms with Crippen molar-refractivity contribution in [3.8, 4) is 5.75 Å². The maximum absolute atomic E-state index is 14.1. The number of aromatic hydroxyl groups is 1. The van der Waals surface area contributed by atoms with Crippen molar-refractivity contribution < 1.29 is 34.8 Å². The van der Waals surface area contributed by atoms with Crippen molar-refractivity contribution in [3.05, 3.63) is 45.7 Å². The molecular formula is C29H35N3O7. The van der Waals surface area contributed by atoms with Gasteiger partial charge in [0.25, 0.3) is 5.91 Å². The Balaban J connectivity index is 1.76. The van der Waals surface area contributed by atoms with Gasteiger partial charge in [-0.2, -0.15) is 0 Å². The van der Waals surface area contributed by atoms with Gasteiger partial charge >= 0.3 is 0 Å². The van der Waals surface area contributed by atoms with Crippen molar-refractivity contribution in [2.75, 3.05) is 33.1 Å². The van der Waals surface area contributed by atoms with Crippen LogP contribution in [0.5, 0.6) is 5.75 Å². The number of allylic oxidation sites excluding steroid dienone is 2. The molecule has 0 spiro atoms. The Morgan fingerprint density at radius 2 is 1.79 bits per heavy atom. The average molecular weight is 538 g/mol. The van der Waals surface area contributed by atoms with Crippen molar-refractivity contribution in [1.82, 2.24) is 4.90 Å². The Hall–Kier alpha value is -3.63. The molecule has 1 aromatic rings. The van der Waals surface area contributed by atoms with Crippen LogP contribution in [0.15, 0.2) is 29.0 Å². The van der Waals surface area contributed by atoms with Gasteiger partial charge in [0.05, 0.1) is 11.6 Å². The Morgan fingerprint density at radius 3 is 2.36 bits per heavy atom. The number of rotatable bonds is 4. The minimum Gasteiger partial charge on any atom is -0.508 e. The largest absolute Gasteiger partial charge is 0.508 e. The number of fused-ring (bicyclic) bond motifs is 3. The van der Waals surface area contributed by atoms with E-state index >= 15 is 0 Å². The summed E-state index contributed by atoms with van der Waals surface area (Å²) in [4.78, 5) is 42.8. The molecule has 1 saturated carbocycles. The van der Waals surface area contributed by atoms with E-state index in [4.69, 9.17) is 5.73 Å². The average Bonchev–Trinajstić information content (AvgIpc) is 2.86. The predicted molar refractivity (Wildman–Crippen MR) is 145 cm³/mol. The highest BCUT2D eigenvalue weighted by Crippen LogP contribution is 2.54. The first-order chi connectivity index (χ1) is 18.3. The second-order valence-electron chi connectivity index (χ2n) is 11.5. The van der Waals surface area contributed by atoms with E-state index in [1.165, 1.54) is 4.90 Å². The minimum atomic E-state index is -2.64. The van der Waals surface area contributed by atoms with Gasteiger partial charge in [-0.05, 0) is 75.7 Å². The summed E-state index contributed by atoms with van der Waals surface area (Å²) in [6, 6.07) is 0.801. The Bertz CT molecular complexity index is 1400. The molecule has 1 fully saturated rings. The maximum Gasteiger partial charge on any atom is 0.255 e. The van der Waals surface area contributed by atoms with Crippen LogP contribution in [0.2, 0.25) is 0 Å². The monoisotopic (exact) mass is 537 g/mol. The summed E-state index contributed by atoms with van der Waals surface area (Å²) in [6.45, 7) is 0. The van der Waals surface area contributed by atoms with Gasteiger partial charge in [-0.15, -0.1) is 0 Å². The third kappa shape index (κ3) is 3.72. The van der Waals surface area contributed by atoms with Crippen LogP contribution in [0.3, 0.4) is 0 Å². The standard InChI is InChI=1S/C29H35N3O7/c1-31(2)18-12-15(13-8-6-5-7-9-13)23(33)20-16(18)10-14-11-17-22(32(3)4)25(35)21(28(30)38)27(37)29(17,39)26(36)19(14)24(20)34/h8,12,14,17,22,33-34,37,39H,5-7,9-11H2,1-4H3,(H2,30,38)/t14-,17-,22-,29-/m0/s1. The summed E-state index contributed by atoms with van der Waals surface area (Å²) in [5, 5.41) is 45.9. The number of nitrogens with two attached hydrogens (primary N) is 1. The molecule has 6 N–H and O–H groups in total. The lowest BCUT2D eigenvalue weighted by molar-refractivity contribution is -0.153. The van der Waals surface area contributed by atoms with E-state index in [0.29, 0.717) is 11.1 Å². The van der Waals surface area contributed by atoms with E-state index in [2.05, 4.69) is 6.08 Å². The molecule has 0 heterocycles. The molecule has 4 atom stereocenters. The lowest BCUT2D eigenvalue weighted by Gasteiger charge is -2.50. The molecule has 39 heavy (non-hydrogen) atoms. The molecular weight excluding hydrogens is 502 g/mol. The first-order valence-corrected chi connectivity index (χ1v) is 13.2. The summed E-state index contributed by atoms with van der Waals surface area (Å²) >= 11 is 0. The van der Waals surface area contributed by atoms with Crippen LogP contribution in [0, 0.1) is 11.8 Å². The molecule has 0 radical (unpaired) electrons. The zero-order chi connectivity index (χ0) is 28.5. The zero-order valence-electron chi connectivity index (χ0n) is 22.6. The highest BCUT2D eigenvalue weighted by molar-refractivity contribution is 6.24. The number of hydrogen-bond donors (Lipinski definition) is 5. The van der Waals surface area contributed by atoms with E-state index in [9.17, 15) is 34.8 Å². The second kappa shape index (κ2) is 9.24. The summed E-state index contributed by atoms with van der Waals surface area (Å²) in [5.74, 6) is -6.42. The van der Waals surface area contributed by atoms with Gasteiger partial charge in [-0.25, -0.2) is 0 Å². The first kappa shape index (κ1) is 27.0. The second-order valence-corrected chi connectivity index (χ2v) is 11.5. The number of carbonyl (C=O) groups is 3. The number of primary amides is 1. The number of aliphatic hydroxyl groups is 3. The number of hydrogen-bond acceptors (Lipinski definition) is 9. The number of carbonyl (C=O) groups excluding carboxylic acids is 3. The summed E-state index contributed by atoms with van der Waals surface area (Å²) in [7, 11) is 6.89. The molecule has 1 amide bonds. The Morgan fingerprint density at radius 1 is 1.10 bits per heavy atom.